The number of aryl methyl sites for hydroxylation is 2. The zero-order valence-electron chi connectivity index (χ0n) is 14.8. The highest BCUT2D eigenvalue weighted by Crippen LogP contribution is 2.33. The first-order valence-corrected chi connectivity index (χ1v) is 9.59. The van der Waals surface area contributed by atoms with Gasteiger partial charge in [-0.05, 0) is 44.2 Å². The molecule has 24 heavy (non-hydrogen) atoms. The normalized spacial score (nSPS) is 15.5. The van der Waals surface area contributed by atoms with Crippen LogP contribution in [0.4, 0.5) is 10.8 Å². The number of likely N-dealkylation sites (tertiary alicyclic amines) is 1. The molecule has 1 aliphatic heterocycles. The Balaban J connectivity index is 1.86. The lowest BCUT2D eigenvalue weighted by Crippen LogP contribution is -3.11. The molecule has 0 radical (unpaired) electrons. The predicted octanol–water partition coefficient (Wildman–Crippen LogP) is 3.01. The van der Waals surface area contributed by atoms with E-state index in [1.54, 1.807) is 28.1 Å². The molecule has 5 heteroatoms. The van der Waals surface area contributed by atoms with E-state index in [4.69, 9.17) is 4.98 Å². The van der Waals surface area contributed by atoms with Crippen LogP contribution in [-0.2, 0) is 11.3 Å². The molecule has 4 nitrogen and oxygen atoms in total. The van der Waals surface area contributed by atoms with Gasteiger partial charge in [-0.25, -0.2) is 4.98 Å². The molecule has 1 saturated heterocycles. The third-order valence-electron chi connectivity index (χ3n) is 4.70. The average Bonchev–Trinajstić information content (AvgIpc) is 2.99. The fraction of sp³-hybridized carbons (Fsp3) is 0.474. The molecule has 2 heterocycles. The standard InChI is InChI=1S/C19H25N3OS/c1-14-8-7-9-15(2)18(14)22(16(3)23)19-20-17(13-24-19)12-21-10-5-4-6-11-21/h7-9,13H,4-6,10-12H2,1-3H3/p+1. The summed E-state index contributed by atoms with van der Waals surface area (Å²) >= 11 is 1.57. The molecule has 2 aromatic rings. The van der Waals surface area contributed by atoms with E-state index in [2.05, 4.69) is 5.38 Å². The minimum absolute atomic E-state index is 0.0126. The number of carbonyl (C=O) groups excluding carboxylic acids is 1. The fourth-order valence-electron chi connectivity index (χ4n) is 3.51. The number of aromatic nitrogens is 1. The molecule has 1 aliphatic rings. The number of thiazole rings is 1. The first kappa shape index (κ1) is 17.1. The van der Waals surface area contributed by atoms with Crippen LogP contribution in [0.15, 0.2) is 23.6 Å². The van der Waals surface area contributed by atoms with E-state index >= 15 is 0 Å². The molecule has 3 rings (SSSR count). The van der Waals surface area contributed by atoms with Crippen molar-refractivity contribution in [3.05, 3.63) is 40.4 Å². The van der Waals surface area contributed by atoms with Gasteiger partial charge < -0.3 is 4.90 Å². The Labute approximate surface area is 148 Å². The van der Waals surface area contributed by atoms with Gasteiger partial charge in [-0.15, -0.1) is 11.3 Å². The molecule has 1 fully saturated rings. The van der Waals surface area contributed by atoms with E-state index in [1.807, 2.05) is 32.0 Å². The van der Waals surface area contributed by atoms with Crippen LogP contribution in [0.3, 0.4) is 0 Å². The summed E-state index contributed by atoms with van der Waals surface area (Å²) in [6.07, 6.45) is 3.99. The Morgan fingerprint density at radius 1 is 1.21 bits per heavy atom. The smallest absolute Gasteiger partial charge is 0.230 e. The third-order valence-corrected chi connectivity index (χ3v) is 5.58. The van der Waals surface area contributed by atoms with Gasteiger partial charge in [-0.3, -0.25) is 9.69 Å². The summed E-state index contributed by atoms with van der Waals surface area (Å²) in [7, 11) is 0. The summed E-state index contributed by atoms with van der Waals surface area (Å²) < 4.78 is 0. The van der Waals surface area contributed by atoms with Crippen molar-refractivity contribution >= 4 is 28.1 Å². The van der Waals surface area contributed by atoms with Crippen molar-refractivity contribution in [3.8, 4) is 0 Å². The molecular weight excluding hydrogens is 318 g/mol. The van der Waals surface area contributed by atoms with Gasteiger partial charge >= 0.3 is 0 Å². The van der Waals surface area contributed by atoms with E-state index in [9.17, 15) is 4.79 Å². The Morgan fingerprint density at radius 3 is 2.50 bits per heavy atom. The number of hydrogen-bond donors (Lipinski definition) is 1. The molecule has 0 unspecified atom stereocenters. The van der Waals surface area contributed by atoms with Gasteiger partial charge in [-0.2, -0.15) is 0 Å². The van der Waals surface area contributed by atoms with E-state index in [0.29, 0.717) is 0 Å². The molecular formula is C19H26N3OS+. The van der Waals surface area contributed by atoms with Gasteiger partial charge in [0.25, 0.3) is 0 Å². The lowest BCUT2D eigenvalue weighted by atomic mass is 10.1. The molecule has 1 aromatic carbocycles. The molecule has 0 atom stereocenters. The van der Waals surface area contributed by atoms with Crippen LogP contribution in [0, 0.1) is 13.8 Å². The van der Waals surface area contributed by atoms with Crippen LogP contribution in [0.2, 0.25) is 0 Å². The quantitative estimate of drug-likeness (QED) is 0.926. The van der Waals surface area contributed by atoms with Gasteiger partial charge in [0.2, 0.25) is 5.91 Å². The molecule has 0 aliphatic carbocycles. The third kappa shape index (κ3) is 3.68. The molecule has 0 bridgehead atoms. The number of benzene rings is 1. The Bertz CT molecular complexity index is 699. The molecule has 1 N–H and O–H groups in total. The Kier molecular flexibility index (Phi) is 5.31. The van der Waals surface area contributed by atoms with Crippen molar-refractivity contribution in [2.75, 3.05) is 18.0 Å². The highest BCUT2D eigenvalue weighted by molar-refractivity contribution is 7.14. The summed E-state index contributed by atoms with van der Waals surface area (Å²) in [5.41, 5.74) is 4.27. The van der Waals surface area contributed by atoms with Gasteiger partial charge in [0.15, 0.2) is 5.13 Å². The van der Waals surface area contributed by atoms with Gasteiger partial charge in [0, 0.05) is 12.3 Å². The second kappa shape index (κ2) is 7.45. The zero-order chi connectivity index (χ0) is 17.1. The summed E-state index contributed by atoms with van der Waals surface area (Å²) in [6, 6.07) is 6.12. The molecule has 1 aromatic heterocycles. The number of carbonyl (C=O) groups is 1. The van der Waals surface area contributed by atoms with Crippen LogP contribution >= 0.6 is 11.3 Å². The summed E-state index contributed by atoms with van der Waals surface area (Å²) in [5, 5.41) is 2.90. The van der Waals surface area contributed by atoms with Gasteiger partial charge in [-0.1, -0.05) is 18.2 Å². The van der Waals surface area contributed by atoms with Crippen molar-refractivity contribution in [1.82, 2.24) is 4.98 Å². The maximum Gasteiger partial charge on any atom is 0.230 e. The van der Waals surface area contributed by atoms with E-state index in [1.165, 1.54) is 32.4 Å². The number of para-hydroxylation sites is 1. The number of quaternary nitrogens is 1. The maximum atomic E-state index is 12.3. The van der Waals surface area contributed by atoms with Crippen molar-refractivity contribution in [3.63, 3.8) is 0 Å². The highest BCUT2D eigenvalue weighted by atomic mass is 32.1. The van der Waals surface area contributed by atoms with Crippen molar-refractivity contribution in [1.29, 1.82) is 0 Å². The highest BCUT2D eigenvalue weighted by Gasteiger charge is 2.22. The van der Waals surface area contributed by atoms with E-state index < -0.39 is 0 Å². The number of anilines is 2. The lowest BCUT2D eigenvalue weighted by Gasteiger charge is -2.23. The van der Waals surface area contributed by atoms with Crippen LogP contribution in [0.5, 0.6) is 0 Å². The molecule has 1 amide bonds. The number of nitrogens with one attached hydrogen (secondary N) is 1. The summed E-state index contributed by atoms with van der Waals surface area (Å²) in [4.78, 5) is 20.5. The van der Waals surface area contributed by atoms with Crippen molar-refractivity contribution < 1.29 is 9.69 Å². The van der Waals surface area contributed by atoms with Crippen LogP contribution in [0.1, 0.15) is 43.0 Å². The van der Waals surface area contributed by atoms with E-state index in [-0.39, 0.29) is 5.91 Å². The van der Waals surface area contributed by atoms with Gasteiger partial charge in [0.05, 0.1) is 18.8 Å². The second-order valence-corrected chi connectivity index (χ2v) is 7.54. The minimum atomic E-state index is 0.0126. The lowest BCUT2D eigenvalue weighted by molar-refractivity contribution is -0.918. The molecule has 0 spiro atoms. The average molecular weight is 345 g/mol. The van der Waals surface area contributed by atoms with Crippen LogP contribution in [0.25, 0.3) is 0 Å². The number of amides is 1. The van der Waals surface area contributed by atoms with Gasteiger partial charge in [0.1, 0.15) is 12.2 Å². The van der Waals surface area contributed by atoms with Crippen molar-refractivity contribution in [2.24, 2.45) is 0 Å². The first-order valence-electron chi connectivity index (χ1n) is 8.71. The first-order chi connectivity index (χ1) is 11.6. The number of rotatable bonds is 4. The topological polar surface area (TPSA) is 37.6 Å². The van der Waals surface area contributed by atoms with Crippen molar-refractivity contribution in [2.45, 2.75) is 46.6 Å². The number of piperidine rings is 1. The summed E-state index contributed by atoms with van der Waals surface area (Å²) in [6.45, 7) is 9.15. The SMILES string of the molecule is CC(=O)N(c1nc(C[NH+]2CCCCC2)cs1)c1c(C)cccc1C. The minimum Gasteiger partial charge on any atom is -0.330 e. The Hall–Kier alpha value is -1.72. The predicted molar refractivity (Wildman–Crippen MR) is 99.1 cm³/mol. The van der Waals surface area contributed by atoms with E-state index in [0.717, 1.165) is 34.2 Å². The molecule has 0 saturated carbocycles. The maximum absolute atomic E-state index is 12.3. The number of nitrogens with zero attached hydrogens (tertiary/aromatic N) is 2. The summed E-state index contributed by atoms with van der Waals surface area (Å²) in [5.74, 6) is 0.0126. The van der Waals surface area contributed by atoms with Crippen LogP contribution < -0.4 is 9.80 Å². The second-order valence-electron chi connectivity index (χ2n) is 6.70. The fourth-order valence-corrected chi connectivity index (χ4v) is 4.38. The molecule has 128 valence electrons. The van der Waals surface area contributed by atoms with Crippen LogP contribution in [-0.4, -0.2) is 24.0 Å². The monoisotopic (exact) mass is 344 g/mol. The zero-order valence-corrected chi connectivity index (χ0v) is 15.6. The number of hydrogen-bond acceptors (Lipinski definition) is 3. The largest absolute Gasteiger partial charge is 0.330 e. The Morgan fingerprint density at radius 2 is 1.88 bits per heavy atom.